The maximum absolute atomic E-state index is 13.1. The molecule has 0 radical (unpaired) electrons. The molecule has 0 aromatic carbocycles. The van der Waals surface area contributed by atoms with Gasteiger partial charge in [-0.15, -0.1) is 27.8 Å². The fourth-order valence-electron chi connectivity index (χ4n) is 3.55. The highest BCUT2D eigenvalue weighted by Gasteiger charge is 2.53. The summed E-state index contributed by atoms with van der Waals surface area (Å²) in [6, 6.07) is 0.239. The van der Waals surface area contributed by atoms with Crippen LogP contribution in [0.5, 0.6) is 0 Å². The van der Waals surface area contributed by atoms with Crippen LogP contribution < -0.4 is 38.1 Å². The summed E-state index contributed by atoms with van der Waals surface area (Å²) < 4.78 is 1.09. The first-order valence-corrected chi connectivity index (χ1v) is 14.0. The van der Waals surface area contributed by atoms with Gasteiger partial charge >= 0.3 is 11.1 Å². The highest BCUT2D eigenvalue weighted by molar-refractivity contribution is 8.01. The van der Waals surface area contributed by atoms with Gasteiger partial charge in [-0.2, -0.15) is 0 Å². The van der Waals surface area contributed by atoms with Crippen LogP contribution in [0.25, 0.3) is 0 Å². The number of oxime groups is 1. The van der Waals surface area contributed by atoms with Crippen LogP contribution in [-0.4, -0.2) is 78.5 Å². The molecule has 212 valence electrons. The van der Waals surface area contributed by atoms with E-state index < -0.39 is 47.0 Å². The van der Waals surface area contributed by atoms with Crippen molar-refractivity contribution in [2.45, 2.75) is 29.6 Å². The molecule has 4 heterocycles. The molecule has 1 unspecified atom stereocenters. The van der Waals surface area contributed by atoms with Crippen molar-refractivity contribution >= 4 is 81.1 Å². The molecule has 40 heavy (non-hydrogen) atoms. The molecule has 2 amide bonds. The number of carboxylic acids is 2. The average molecular weight is 611 g/mol. The molecule has 1 fully saturated rings. The van der Waals surface area contributed by atoms with Crippen LogP contribution in [0.15, 0.2) is 33.0 Å². The Morgan fingerprint density at radius 2 is 2.10 bits per heavy atom. The van der Waals surface area contributed by atoms with Gasteiger partial charge in [-0.3, -0.25) is 20.3 Å². The Bertz CT molecular complexity index is 1460. The van der Waals surface area contributed by atoms with Crippen molar-refractivity contribution < 1.29 is 38.9 Å². The first-order chi connectivity index (χ1) is 18.9. The second-order valence-electron chi connectivity index (χ2n) is 8.24. The van der Waals surface area contributed by atoms with Gasteiger partial charge in [-0.1, -0.05) is 10.1 Å². The zero-order valence-corrected chi connectivity index (χ0v) is 22.9. The number of carboxylic acid groups (broad SMARTS) is 2. The lowest BCUT2D eigenvalue weighted by Gasteiger charge is -2.50. The topological polar surface area (TPSA) is 282 Å². The number of carbonyl (C=O) groups excluding carboxylic acids is 3. The molecule has 17 nitrogen and oxygen atoms in total. The Kier molecular flexibility index (Phi) is 8.21. The Morgan fingerprint density at radius 3 is 2.73 bits per heavy atom. The summed E-state index contributed by atoms with van der Waals surface area (Å²) in [4.78, 5) is 63.2. The summed E-state index contributed by atoms with van der Waals surface area (Å²) in [5, 5.41) is 28.2. The molecule has 2 aliphatic rings. The number of thioether (sulfide) groups is 2. The molecule has 0 bridgehead atoms. The molecule has 2 aliphatic heterocycles. The summed E-state index contributed by atoms with van der Waals surface area (Å²) in [6.07, 6.45) is -1.38. The SMILES string of the molecule is C[C@H](O/N=C(\C(=O)NC1C(=O)N2C(C(=O)[O-])=C(CSc3nc(N)cc(N)[n+]3N)CS[C@H]12)c1csc(N)n1)C(=O)O. The molecule has 10 N–H and O–H groups in total. The largest absolute Gasteiger partial charge is 0.543 e. The zero-order chi connectivity index (χ0) is 29.3. The van der Waals surface area contributed by atoms with E-state index in [1.165, 1.54) is 30.1 Å². The fourth-order valence-corrected chi connectivity index (χ4v) is 6.53. The number of nitrogens with zero attached hydrogens (tertiary/aromatic N) is 5. The number of carbonyl (C=O) groups is 4. The number of anilines is 3. The molecule has 2 aromatic heterocycles. The first-order valence-electron chi connectivity index (χ1n) is 11.1. The molecule has 2 aromatic rings. The van der Waals surface area contributed by atoms with Gasteiger partial charge in [0.25, 0.3) is 11.8 Å². The van der Waals surface area contributed by atoms with E-state index >= 15 is 0 Å². The molecule has 4 rings (SSSR count). The lowest BCUT2D eigenvalue weighted by molar-refractivity contribution is -0.667. The van der Waals surface area contributed by atoms with E-state index in [2.05, 4.69) is 20.4 Å². The molecule has 3 atom stereocenters. The minimum absolute atomic E-state index is 0.0000780. The predicted molar refractivity (Wildman–Crippen MR) is 142 cm³/mol. The number of thiazole rings is 1. The molecular formula is C20H22N10O7S3. The minimum atomic E-state index is -1.57. The quantitative estimate of drug-likeness (QED) is 0.0292. The highest BCUT2D eigenvalue weighted by atomic mass is 32.2. The van der Waals surface area contributed by atoms with Crippen molar-refractivity contribution in [3.05, 3.63) is 28.4 Å². The number of nitrogen functional groups attached to an aromatic ring is 4. The number of nitrogens with two attached hydrogens (primary N) is 4. The maximum atomic E-state index is 13.1. The third-order valence-electron chi connectivity index (χ3n) is 5.54. The molecule has 0 spiro atoms. The number of aliphatic carboxylic acids is 2. The van der Waals surface area contributed by atoms with Crippen LogP contribution in [0.3, 0.4) is 0 Å². The van der Waals surface area contributed by atoms with Gasteiger partial charge in [0, 0.05) is 16.9 Å². The summed E-state index contributed by atoms with van der Waals surface area (Å²) >= 11 is 3.28. The van der Waals surface area contributed by atoms with E-state index in [1.54, 1.807) is 0 Å². The van der Waals surface area contributed by atoms with Crippen LogP contribution in [-0.2, 0) is 24.0 Å². The van der Waals surface area contributed by atoms with Gasteiger partial charge < -0.3 is 42.4 Å². The van der Waals surface area contributed by atoms with E-state index in [4.69, 9.17) is 33.0 Å². The smallest absolute Gasteiger partial charge is 0.347 e. The van der Waals surface area contributed by atoms with Gasteiger partial charge in [-0.05, 0) is 24.3 Å². The van der Waals surface area contributed by atoms with Crippen molar-refractivity contribution in [1.82, 2.24) is 20.2 Å². The average Bonchev–Trinajstić information content (AvgIpc) is 3.33. The second-order valence-corrected chi connectivity index (χ2v) is 11.2. The number of rotatable bonds is 10. The number of hydrogen-bond donors (Lipinski definition) is 6. The number of fused-ring (bicyclic) bond motifs is 1. The Balaban J connectivity index is 1.52. The van der Waals surface area contributed by atoms with Crippen LogP contribution in [0, 0.1) is 0 Å². The maximum Gasteiger partial charge on any atom is 0.347 e. The molecule has 0 aliphatic carbocycles. The van der Waals surface area contributed by atoms with Crippen LogP contribution in [0.4, 0.5) is 16.8 Å². The standard InChI is InChI=1S/C20H22N10O7S3/c1-6(17(33)34)37-28-11(8-5-39-19(23)25-8)14(31)27-12-15(32)29-13(18(35)36)7(3-38-16(12)29)4-40-20-26-9(21)2-10(22)30(20)24/h2,5-6,12,16H,3-4,24H2,1H3,(H8,21,22,23,25,27,31,33,34,35,36)/b28-11-/t6-,12?,16+/m0/s1. The summed E-state index contributed by atoms with van der Waals surface area (Å²) in [5.74, 6) is 1.90. The van der Waals surface area contributed by atoms with E-state index in [1.807, 2.05) is 0 Å². The number of nitrogens with one attached hydrogen (secondary N) is 1. The number of aromatic nitrogens is 3. The summed E-state index contributed by atoms with van der Waals surface area (Å²) in [7, 11) is 0. The molecule has 0 saturated carbocycles. The van der Waals surface area contributed by atoms with Crippen molar-refractivity contribution in [3.63, 3.8) is 0 Å². The predicted octanol–water partition coefficient (Wildman–Crippen LogP) is -3.32. The van der Waals surface area contributed by atoms with Gasteiger partial charge in [-0.25, -0.2) is 9.78 Å². The number of amides is 2. The Morgan fingerprint density at radius 1 is 1.38 bits per heavy atom. The van der Waals surface area contributed by atoms with Crippen molar-refractivity contribution in [2.75, 3.05) is 34.5 Å². The van der Waals surface area contributed by atoms with Crippen molar-refractivity contribution in [1.29, 1.82) is 0 Å². The molecular weight excluding hydrogens is 588 g/mol. The third kappa shape index (κ3) is 5.67. The first kappa shape index (κ1) is 28.7. The van der Waals surface area contributed by atoms with Gasteiger partial charge in [0.05, 0.1) is 17.7 Å². The van der Waals surface area contributed by atoms with E-state index in [0.29, 0.717) is 5.57 Å². The van der Waals surface area contributed by atoms with E-state index in [-0.39, 0.29) is 44.8 Å². The molecule has 1 saturated heterocycles. The zero-order valence-electron chi connectivity index (χ0n) is 20.5. The number of hydrogen-bond acceptors (Lipinski definition) is 16. The van der Waals surface area contributed by atoms with Gasteiger partial charge in [0.15, 0.2) is 10.8 Å². The lowest BCUT2D eigenvalue weighted by atomic mass is 10.0. The van der Waals surface area contributed by atoms with Gasteiger partial charge in [0.2, 0.25) is 17.7 Å². The second kappa shape index (κ2) is 11.4. The lowest BCUT2D eigenvalue weighted by Crippen LogP contribution is -2.71. The summed E-state index contributed by atoms with van der Waals surface area (Å²) in [6.45, 7) is 1.21. The monoisotopic (exact) mass is 610 g/mol. The van der Waals surface area contributed by atoms with Crippen LogP contribution in [0.2, 0.25) is 0 Å². The summed E-state index contributed by atoms with van der Waals surface area (Å²) in [5.41, 5.74) is 16.8. The Labute approximate surface area is 237 Å². The number of β-lactam (4-membered cyclic amide) rings is 1. The highest BCUT2D eigenvalue weighted by Crippen LogP contribution is 2.41. The minimum Gasteiger partial charge on any atom is -0.543 e. The van der Waals surface area contributed by atoms with Gasteiger partial charge in [0.1, 0.15) is 17.1 Å². The van der Waals surface area contributed by atoms with Crippen molar-refractivity contribution in [3.8, 4) is 0 Å². The van der Waals surface area contributed by atoms with E-state index in [9.17, 15) is 24.3 Å². The normalized spacial score (nSPS) is 19.5. The van der Waals surface area contributed by atoms with Crippen molar-refractivity contribution in [2.24, 2.45) is 5.16 Å². The Hall–Kier alpha value is -4.30. The third-order valence-corrected chi connectivity index (χ3v) is 8.59. The van der Waals surface area contributed by atoms with Crippen LogP contribution in [0.1, 0.15) is 12.6 Å². The fraction of sp³-hybridized carbons (Fsp3) is 0.300. The van der Waals surface area contributed by atoms with E-state index in [0.717, 1.165) is 32.7 Å². The van der Waals surface area contributed by atoms with Crippen LogP contribution >= 0.6 is 34.9 Å². The molecule has 20 heteroatoms.